The van der Waals surface area contributed by atoms with Crippen LogP contribution in [0.15, 0.2) is 18.2 Å². The predicted octanol–water partition coefficient (Wildman–Crippen LogP) is 4.18. The van der Waals surface area contributed by atoms with Crippen molar-refractivity contribution < 1.29 is 5.11 Å². The molecule has 0 amide bonds. The highest BCUT2D eigenvalue weighted by atomic mass is 16.3. The van der Waals surface area contributed by atoms with Crippen LogP contribution >= 0.6 is 0 Å². The Morgan fingerprint density at radius 2 is 1.94 bits per heavy atom. The van der Waals surface area contributed by atoms with Crippen molar-refractivity contribution in [2.24, 2.45) is 0 Å². The van der Waals surface area contributed by atoms with E-state index in [-0.39, 0.29) is 6.10 Å². The molecule has 1 aliphatic rings. The van der Waals surface area contributed by atoms with Gasteiger partial charge in [-0.3, -0.25) is 0 Å². The van der Waals surface area contributed by atoms with Crippen LogP contribution < -0.4 is 0 Å². The van der Waals surface area contributed by atoms with Gasteiger partial charge in [0, 0.05) is 0 Å². The van der Waals surface area contributed by atoms with Gasteiger partial charge in [-0.05, 0) is 42.4 Å². The lowest BCUT2D eigenvalue weighted by Gasteiger charge is -2.12. The molecular formula is C16H24O. The number of rotatable bonds is 6. The lowest BCUT2D eigenvalue weighted by Crippen LogP contribution is -1.98. The minimum Gasteiger partial charge on any atom is -0.388 e. The highest BCUT2D eigenvalue weighted by Crippen LogP contribution is 2.27. The van der Waals surface area contributed by atoms with E-state index in [9.17, 15) is 5.11 Å². The predicted molar refractivity (Wildman–Crippen MR) is 72.2 cm³/mol. The van der Waals surface area contributed by atoms with Crippen molar-refractivity contribution in [2.45, 2.75) is 64.4 Å². The van der Waals surface area contributed by atoms with Gasteiger partial charge < -0.3 is 5.11 Å². The smallest absolute Gasteiger partial charge is 0.0790 e. The summed E-state index contributed by atoms with van der Waals surface area (Å²) < 4.78 is 0. The third-order valence-corrected chi connectivity index (χ3v) is 3.84. The zero-order valence-electron chi connectivity index (χ0n) is 10.9. The van der Waals surface area contributed by atoms with Crippen LogP contribution in [0.4, 0.5) is 0 Å². The van der Waals surface area contributed by atoms with Crippen LogP contribution in [0.3, 0.4) is 0 Å². The molecule has 1 aliphatic carbocycles. The molecular weight excluding hydrogens is 208 g/mol. The highest BCUT2D eigenvalue weighted by molar-refractivity contribution is 5.36. The molecule has 1 aromatic carbocycles. The zero-order chi connectivity index (χ0) is 12.1. The molecule has 0 spiro atoms. The van der Waals surface area contributed by atoms with Crippen molar-refractivity contribution in [2.75, 3.05) is 0 Å². The molecule has 1 unspecified atom stereocenters. The second-order valence-corrected chi connectivity index (χ2v) is 5.25. The summed E-state index contributed by atoms with van der Waals surface area (Å²) >= 11 is 0. The van der Waals surface area contributed by atoms with Crippen molar-refractivity contribution in [3.05, 3.63) is 34.9 Å². The van der Waals surface area contributed by atoms with E-state index in [0.29, 0.717) is 0 Å². The van der Waals surface area contributed by atoms with E-state index in [0.717, 1.165) is 18.4 Å². The molecule has 0 bridgehead atoms. The monoisotopic (exact) mass is 232 g/mol. The second kappa shape index (κ2) is 6.20. The first-order chi connectivity index (χ1) is 8.31. The van der Waals surface area contributed by atoms with E-state index < -0.39 is 0 Å². The largest absolute Gasteiger partial charge is 0.388 e. The van der Waals surface area contributed by atoms with Crippen molar-refractivity contribution in [3.8, 4) is 0 Å². The Labute approximate surface area is 105 Å². The van der Waals surface area contributed by atoms with Gasteiger partial charge >= 0.3 is 0 Å². The summed E-state index contributed by atoms with van der Waals surface area (Å²) in [7, 11) is 0. The Morgan fingerprint density at radius 3 is 2.76 bits per heavy atom. The van der Waals surface area contributed by atoms with E-state index in [1.807, 2.05) is 0 Å². The molecule has 0 saturated heterocycles. The molecule has 1 N–H and O–H groups in total. The van der Waals surface area contributed by atoms with E-state index >= 15 is 0 Å². The van der Waals surface area contributed by atoms with Crippen LogP contribution in [0.25, 0.3) is 0 Å². The SMILES string of the molecule is CCCCCCC(O)c1ccc2c(c1)CCC2. The summed E-state index contributed by atoms with van der Waals surface area (Å²) in [5.41, 5.74) is 4.09. The molecule has 1 aromatic rings. The van der Waals surface area contributed by atoms with Crippen LogP contribution in [0.5, 0.6) is 0 Å². The Hall–Kier alpha value is -0.820. The van der Waals surface area contributed by atoms with Crippen LogP contribution in [0.2, 0.25) is 0 Å². The molecule has 0 radical (unpaired) electrons. The van der Waals surface area contributed by atoms with Gasteiger partial charge in [0.1, 0.15) is 0 Å². The summed E-state index contributed by atoms with van der Waals surface area (Å²) in [6, 6.07) is 6.56. The molecule has 1 heteroatoms. The molecule has 1 atom stereocenters. The average molecular weight is 232 g/mol. The minimum absolute atomic E-state index is 0.252. The fraction of sp³-hybridized carbons (Fsp3) is 0.625. The number of hydrogen-bond donors (Lipinski definition) is 1. The topological polar surface area (TPSA) is 20.2 Å². The van der Waals surface area contributed by atoms with Gasteiger partial charge in [0.2, 0.25) is 0 Å². The molecule has 17 heavy (non-hydrogen) atoms. The van der Waals surface area contributed by atoms with Gasteiger partial charge in [-0.2, -0.15) is 0 Å². The summed E-state index contributed by atoms with van der Waals surface area (Å²) in [4.78, 5) is 0. The Balaban J connectivity index is 1.88. The molecule has 0 aliphatic heterocycles. The summed E-state index contributed by atoms with van der Waals surface area (Å²) in [5, 5.41) is 10.2. The number of hydrogen-bond acceptors (Lipinski definition) is 1. The van der Waals surface area contributed by atoms with Crippen molar-refractivity contribution in [1.29, 1.82) is 0 Å². The number of fused-ring (bicyclic) bond motifs is 1. The normalized spacial score (nSPS) is 15.9. The average Bonchev–Trinajstić information content (AvgIpc) is 2.81. The zero-order valence-corrected chi connectivity index (χ0v) is 10.9. The van der Waals surface area contributed by atoms with Crippen LogP contribution in [-0.2, 0) is 12.8 Å². The molecule has 0 saturated carbocycles. The molecule has 0 fully saturated rings. The first kappa shape index (κ1) is 12.6. The summed E-state index contributed by atoms with van der Waals surface area (Å²) in [6.45, 7) is 2.22. The number of aryl methyl sites for hydroxylation is 2. The molecule has 1 nitrogen and oxygen atoms in total. The summed E-state index contributed by atoms with van der Waals surface area (Å²) in [5.74, 6) is 0. The van der Waals surface area contributed by atoms with Crippen molar-refractivity contribution >= 4 is 0 Å². The number of unbranched alkanes of at least 4 members (excludes halogenated alkanes) is 3. The van der Waals surface area contributed by atoms with Gasteiger partial charge in [-0.15, -0.1) is 0 Å². The first-order valence-electron chi connectivity index (χ1n) is 7.11. The third kappa shape index (κ3) is 3.32. The lowest BCUT2D eigenvalue weighted by atomic mass is 9.99. The van der Waals surface area contributed by atoms with Gasteiger partial charge in [0.15, 0.2) is 0 Å². The number of aliphatic hydroxyl groups is 1. The standard InChI is InChI=1S/C16H24O/c1-2-3-4-5-9-16(17)15-11-10-13-7-6-8-14(13)12-15/h10-12,16-17H,2-9H2,1H3. The maximum Gasteiger partial charge on any atom is 0.0790 e. The maximum atomic E-state index is 10.2. The van der Waals surface area contributed by atoms with Gasteiger partial charge in [-0.1, -0.05) is 50.8 Å². The van der Waals surface area contributed by atoms with Gasteiger partial charge in [-0.25, -0.2) is 0 Å². The Bertz CT molecular complexity index is 357. The number of benzene rings is 1. The van der Waals surface area contributed by atoms with Gasteiger partial charge in [0.05, 0.1) is 6.10 Å². The van der Waals surface area contributed by atoms with E-state index in [1.54, 1.807) is 0 Å². The van der Waals surface area contributed by atoms with Crippen LogP contribution in [0, 0.1) is 0 Å². The van der Waals surface area contributed by atoms with E-state index in [1.165, 1.54) is 49.7 Å². The van der Waals surface area contributed by atoms with Crippen molar-refractivity contribution in [3.63, 3.8) is 0 Å². The van der Waals surface area contributed by atoms with E-state index in [2.05, 4.69) is 25.1 Å². The van der Waals surface area contributed by atoms with Crippen LogP contribution in [0.1, 0.15) is 68.2 Å². The first-order valence-corrected chi connectivity index (χ1v) is 7.11. The Kier molecular flexibility index (Phi) is 4.61. The third-order valence-electron chi connectivity index (χ3n) is 3.84. The van der Waals surface area contributed by atoms with E-state index in [4.69, 9.17) is 0 Å². The molecule has 0 heterocycles. The fourth-order valence-corrected chi connectivity index (χ4v) is 2.73. The molecule has 94 valence electrons. The highest BCUT2D eigenvalue weighted by Gasteiger charge is 2.14. The quantitative estimate of drug-likeness (QED) is 0.729. The lowest BCUT2D eigenvalue weighted by molar-refractivity contribution is 0.163. The maximum absolute atomic E-state index is 10.2. The van der Waals surface area contributed by atoms with Crippen molar-refractivity contribution in [1.82, 2.24) is 0 Å². The molecule has 0 aromatic heterocycles. The summed E-state index contributed by atoms with van der Waals surface area (Å²) in [6.07, 6.45) is 9.31. The minimum atomic E-state index is -0.252. The molecule has 2 rings (SSSR count). The number of aliphatic hydroxyl groups excluding tert-OH is 1. The van der Waals surface area contributed by atoms with Crippen LogP contribution in [-0.4, -0.2) is 5.11 Å². The second-order valence-electron chi connectivity index (χ2n) is 5.25. The Morgan fingerprint density at radius 1 is 1.12 bits per heavy atom. The fourth-order valence-electron chi connectivity index (χ4n) is 2.73. The van der Waals surface area contributed by atoms with Gasteiger partial charge in [0.25, 0.3) is 0 Å².